The van der Waals surface area contributed by atoms with Crippen molar-refractivity contribution in [3.63, 3.8) is 0 Å². The molecule has 1 heterocycles. The predicted octanol–water partition coefficient (Wildman–Crippen LogP) is 2.56. The molecule has 130 valence electrons. The molecule has 0 N–H and O–H groups in total. The van der Waals surface area contributed by atoms with Crippen LogP contribution >= 0.6 is 11.6 Å². The van der Waals surface area contributed by atoms with Crippen LogP contribution in [0.4, 0.5) is 5.69 Å². The van der Waals surface area contributed by atoms with Gasteiger partial charge in [0.15, 0.2) is 11.9 Å². The van der Waals surface area contributed by atoms with Gasteiger partial charge in [-0.2, -0.15) is 0 Å². The normalized spacial score (nSPS) is 17.8. The SMILES string of the molecule is CCOC(=O)CCN1C(=O)C(C)Oc2ccc(C(=O)C(C)Cl)cc21. The van der Waals surface area contributed by atoms with Gasteiger partial charge in [-0.05, 0) is 39.0 Å². The molecule has 1 aromatic rings. The minimum absolute atomic E-state index is 0.0653. The summed E-state index contributed by atoms with van der Waals surface area (Å²) in [5, 5.41) is -0.671. The molecule has 0 bridgehead atoms. The second kappa shape index (κ2) is 7.66. The molecule has 2 unspecified atom stereocenters. The monoisotopic (exact) mass is 353 g/mol. The van der Waals surface area contributed by atoms with Crippen LogP contribution < -0.4 is 9.64 Å². The lowest BCUT2D eigenvalue weighted by Gasteiger charge is -2.33. The van der Waals surface area contributed by atoms with Gasteiger partial charge in [-0.1, -0.05) is 0 Å². The maximum Gasteiger partial charge on any atom is 0.307 e. The number of hydrogen-bond acceptors (Lipinski definition) is 5. The summed E-state index contributed by atoms with van der Waals surface area (Å²) >= 11 is 5.85. The summed E-state index contributed by atoms with van der Waals surface area (Å²) in [7, 11) is 0. The van der Waals surface area contributed by atoms with Crippen LogP contribution in [0.2, 0.25) is 0 Å². The van der Waals surface area contributed by atoms with Gasteiger partial charge in [-0.25, -0.2) is 0 Å². The van der Waals surface area contributed by atoms with Crippen LogP contribution in [0.5, 0.6) is 5.75 Å². The number of benzene rings is 1. The number of anilines is 1. The smallest absolute Gasteiger partial charge is 0.307 e. The van der Waals surface area contributed by atoms with E-state index in [1.807, 2.05) is 0 Å². The molecule has 1 aromatic carbocycles. The van der Waals surface area contributed by atoms with E-state index >= 15 is 0 Å². The van der Waals surface area contributed by atoms with Gasteiger partial charge in [0.25, 0.3) is 5.91 Å². The zero-order valence-corrected chi connectivity index (χ0v) is 14.6. The molecule has 1 aliphatic rings. The molecule has 0 fully saturated rings. The van der Waals surface area contributed by atoms with E-state index in [2.05, 4.69) is 0 Å². The summed E-state index contributed by atoms with van der Waals surface area (Å²) in [6.07, 6.45) is -0.594. The molecule has 0 aliphatic carbocycles. The zero-order valence-electron chi connectivity index (χ0n) is 13.9. The van der Waals surface area contributed by atoms with Crippen molar-refractivity contribution in [1.29, 1.82) is 0 Å². The number of nitrogens with zero attached hydrogens (tertiary/aromatic N) is 1. The Balaban J connectivity index is 2.30. The maximum absolute atomic E-state index is 12.4. The minimum atomic E-state index is -0.671. The van der Waals surface area contributed by atoms with Gasteiger partial charge in [0.1, 0.15) is 5.75 Å². The molecular formula is C17H20ClNO5. The summed E-state index contributed by atoms with van der Waals surface area (Å²) in [5.41, 5.74) is 0.855. The number of Topliss-reactive ketones (excluding diaryl/α,β-unsaturated/α-hetero) is 1. The Morgan fingerprint density at radius 3 is 2.75 bits per heavy atom. The number of rotatable bonds is 6. The fraction of sp³-hybridized carbons (Fsp3) is 0.471. The Kier molecular flexibility index (Phi) is 5.83. The molecule has 0 saturated heterocycles. The molecule has 7 heteroatoms. The number of carbonyl (C=O) groups is 3. The van der Waals surface area contributed by atoms with Gasteiger partial charge in [0.2, 0.25) is 0 Å². The number of alkyl halides is 1. The van der Waals surface area contributed by atoms with E-state index in [-0.39, 0.29) is 37.2 Å². The lowest BCUT2D eigenvalue weighted by atomic mass is 10.1. The average molecular weight is 354 g/mol. The van der Waals surface area contributed by atoms with E-state index in [4.69, 9.17) is 21.1 Å². The van der Waals surface area contributed by atoms with Gasteiger partial charge in [-0.15, -0.1) is 11.6 Å². The highest BCUT2D eigenvalue weighted by Gasteiger charge is 2.32. The first-order chi connectivity index (χ1) is 11.3. The number of halogens is 1. The standard InChI is InChI=1S/C17H20ClNO5/c1-4-23-15(20)7-8-19-13-9-12(16(21)10(2)18)5-6-14(13)24-11(3)17(19)22/h5-6,9-11H,4,7-8H2,1-3H3. The van der Waals surface area contributed by atoms with Gasteiger partial charge < -0.3 is 14.4 Å². The first kappa shape index (κ1) is 18.3. The number of esters is 1. The third-order valence-electron chi connectivity index (χ3n) is 3.66. The lowest BCUT2D eigenvalue weighted by molar-refractivity contribution is -0.142. The van der Waals surface area contributed by atoms with Crippen molar-refractivity contribution in [1.82, 2.24) is 0 Å². The molecule has 2 atom stereocenters. The molecule has 1 amide bonds. The molecule has 1 aliphatic heterocycles. The van der Waals surface area contributed by atoms with Crippen LogP contribution in [0.15, 0.2) is 18.2 Å². The molecule has 24 heavy (non-hydrogen) atoms. The molecule has 6 nitrogen and oxygen atoms in total. The van der Waals surface area contributed by atoms with Crippen molar-refractivity contribution in [2.75, 3.05) is 18.1 Å². The Hall–Kier alpha value is -2.08. The second-order valence-electron chi connectivity index (χ2n) is 5.47. The third-order valence-corrected chi connectivity index (χ3v) is 3.86. The van der Waals surface area contributed by atoms with Crippen molar-refractivity contribution >= 4 is 34.9 Å². The van der Waals surface area contributed by atoms with Crippen LogP contribution in [0, 0.1) is 0 Å². The number of ketones is 1. The summed E-state index contributed by atoms with van der Waals surface area (Å²) in [6, 6.07) is 4.83. The van der Waals surface area contributed by atoms with E-state index in [1.54, 1.807) is 39.0 Å². The number of carbonyl (C=O) groups excluding carboxylic acids is 3. The lowest BCUT2D eigenvalue weighted by Crippen LogP contribution is -2.45. The maximum atomic E-state index is 12.4. The zero-order chi connectivity index (χ0) is 17.9. The quantitative estimate of drug-likeness (QED) is 0.446. The highest BCUT2D eigenvalue weighted by atomic mass is 35.5. The Morgan fingerprint density at radius 2 is 2.12 bits per heavy atom. The predicted molar refractivity (Wildman–Crippen MR) is 89.8 cm³/mol. The highest BCUT2D eigenvalue weighted by molar-refractivity contribution is 6.33. The first-order valence-corrected chi connectivity index (χ1v) is 8.24. The molecule has 0 radical (unpaired) electrons. The number of fused-ring (bicyclic) bond motifs is 1. The van der Waals surface area contributed by atoms with Gasteiger partial charge in [0.05, 0.1) is 24.1 Å². The first-order valence-electron chi connectivity index (χ1n) is 7.81. The summed E-state index contributed by atoms with van der Waals surface area (Å²) in [4.78, 5) is 37.5. The molecular weight excluding hydrogens is 334 g/mol. The summed E-state index contributed by atoms with van der Waals surface area (Å²) in [5.74, 6) is -0.399. The van der Waals surface area contributed by atoms with E-state index < -0.39 is 11.5 Å². The topological polar surface area (TPSA) is 72.9 Å². The van der Waals surface area contributed by atoms with Crippen molar-refractivity contribution < 1.29 is 23.9 Å². The highest BCUT2D eigenvalue weighted by Crippen LogP contribution is 2.35. The van der Waals surface area contributed by atoms with E-state index in [0.717, 1.165) is 0 Å². The van der Waals surface area contributed by atoms with Crippen LogP contribution in [0.3, 0.4) is 0 Å². The second-order valence-corrected chi connectivity index (χ2v) is 6.12. The van der Waals surface area contributed by atoms with E-state index in [9.17, 15) is 14.4 Å². The fourth-order valence-corrected chi connectivity index (χ4v) is 2.58. The fourth-order valence-electron chi connectivity index (χ4n) is 2.46. The van der Waals surface area contributed by atoms with Crippen LogP contribution in [-0.4, -0.2) is 42.3 Å². The Labute approximate surface area is 145 Å². The minimum Gasteiger partial charge on any atom is -0.479 e. The van der Waals surface area contributed by atoms with Crippen LogP contribution in [-0.2, 0) is 14.3 Å². The number of ether oxygens (including phenoxy) is 2. The number of hydrogen-bond donors (Lipinski definition) is 0. The molecule has 0 saturated carbocycles. The largest absolute Gasteiger partial charge is 0.479 e. The van der Waals surface area contributed by atoms with E-state index in [1.165, 1.54) is 4.90 Å². The van der Waals surface area contributed by atoms with Crippen molar-refractivity contribution in [2.24, 2.45) is 0 Å². The van der Waals surface area contributed by atoms with Crippen LogP contribution in [0.25, 0.3) is 0 Å². The van der Waals surface area contributed by atoms with Crippen molar-refractivity contribution in [2.45, 2.75) is 38.7 Å². The van der Waals surface area contributed by atoms with Crippen molar-refractivity contribution in [3.05, 3.63) is 23.8 Å². The van der Waals surface area contributed by atoms with Gasteiger partial charge >= 0.3 is 5.97 Å². The van der Waals surface area contributed by atoms with Crippen molar-refractivity contribution in [3.8, 4) is 5.75 Å². The molecule has 0 spiro atoms. The van der Waals surface area contributed by atoms with Crippen LogP contribution in [0.1, 0.15) is 37.6 Å². The molecule has 2 rings (SSSR count). The third kappa shape index (κ3) is 3.87. The molecule has 0 aromatic heterocycles. The number of amides is 1. The average Bonchev–Trinajstić information content (AvgIpc) is 2.54. The summed E-state index contributed by atoms with van der Waals surface area (Å²) in [6.45, 7) is 5.40. The Morgan fingerprint density at radius 1 is 1.42 bits per heavy atom. The van der Waals surface area contributed by atoms with E-state index in [0.29, 0.717) is 17.0 Å². The van der Waals surface area contributed by atoms with Gasteiger partial charge in [-0.3, -0.25) is 14.4 Å². The van der Waals surface area contributed by atoms with Gasteiger partial charge in [0, 0.05) is 12.1 Å². The Bertz CT molecular complexity index is 658. The summed E-state index contributed by atoms with van der Waals surface area (Å²) < 4.78 is 10.5.